The zero-order valence-corrected chi connectivity index (χ0v) is 7.06. The second-order valence-electron chi connectivity index (χ2n) is 1.76. The number of carbonyl (C=O) groups is 1. The van der Waals surface area contributed by atoms with Crippen LogP contribution in [0.4, 0.5) is 0 Å². The van der Waals surface area contributed by atoms with Gasteiger partial charge in [0.1, 0.15) is 6.42 Å². The fourth-order valence-corrected chi connectivity index (χ4v) is 0.755. The molecule has 0 saturated carbocycles. The first-order valence-electron chi connectivity index (χ1n) is 2.77. The Kier molecular flexibility index (Phi) is 3.61. The lowest BCUT2D eigenvalue weighted by atomic mass is 10.4. The molecule has 11 heavy (non-hydrogen) atoms. The Labute approximate surface area is 65.7 Å². The molecule has 0 aliphatic carbocycles. The molecule has 62 valence electrons. The van der Waals surface area contributed by atoms with Crippen LogP contribution in [0.1, 0.15) is 13.3 Å². The van der Waals surface area contributed by atoms with E-state index in [1.807, 2.05) is 0 Å². The molecule has 0 heterocycles. The van der Waals surface area contributed by atoms with Gasteiger partial charge in [-0.25, -0.2) is 4.79 Å². The summed E-state index contributed by atoms with van der Waals surface area (Å²) in [5, 5.41) is 0. The van der Waals surface area contributed by atoms with E-state index in [4.69, 9.17) is 0 Å². The Hall–Kier alpha value is -1.02. The molecule has 0 bridgehead atoms. The minimum absolute atomic E-state index is 0.191. The summed E-state index contributed by atoms with van der Waals surface area (Å²) < 4.78 is 24.6. The van der Waals surface area contributed by atoms with Crippen LogP contribution in [-0.2, 0) is 19.1 Å². The van der Waals surface area contributed by atoms with E-state index in [0.29, 0.717) is 0 Å². The maximum atomic E-state index is 10.5. The first-order chi connectivity index (χ1) is 4.95. The van der Waals surface area contributed by atoms with Crippen molar-refractivity contribution < 1.29 is 17.4 Å². The highest BCUT2D eigenvalue weighted by atomic mass is 32.2. The van der Waals surface area contributed by atoms with E-state index in [1.54, 1.807) is 6.92 Å². The van der Waals surface area contributed by atoms with Gasteiger partial charge in [-0.3, -0.25) is 0 Å². The van der Waals surface area contributed by atoms with Gasteiger partial charge in [0.25, 0.3) is 0 Å². The zero-order valence-electron chi connectivity index (χ0n) is 6.25. The van der Waals surface area contributed by atoms with Crippen molar-refractivity contribution in [3.63, 3.8) is 0 Å². The van der Waals surface area contributed by atoms with E-state index in [2.05, 4.69) is 16.0 Å². The minimum atomic E-state index is -3.67. The third-order valence-corrected chi connectivity index (χ3v) is 1.14. The molecular formula is C6H8O4S. The highest BCUT2D eigenvalue weighted by Gasteiger charge is 2.08. The Morgan fingerprint density at radius 1 is 1.55 bits per heavy atom. The van der Waals surface area contributed by atoms with Gasteiger partial charge in [-0.15, -0.1) is 5.92 Å². The third-order valence-electron chi connectivity index (χ3n) is 0.654. The van der Waals surface area contributed by atoms with Crippen LogP contribution >= 0.6 is 0 Å². The molecule has 0 atom stereocenters. The molecule has 0 amide bonds. The average molecular weight is 176 g/mol. The summed E-state index contributed by atoms with van der Waals surface area (Å²) in [6, 6.07) is 0. The van der Waals surface area contributed by atoms with Crippen molar-refractivity contribution in [1.29, 1.82) is 0 Å². The van der Waals surface area contributed by atoms with E-state index in [-0.39, 0.29) is 6.42 Å². The van der Waals surface area contributed by atoms with E-state index in [9.17, 15) is 13.2 Å². The Morgan fingerprint density at radius 3 is 2.45 bits per heavy atom. The van der Waals surface area contributed by atoms with E-state index < -0.39 is 16.1 Å². The van der Waals surface area contributed by atoms with Gasteiger partial charge in [-0.05, 0) is 6.92 Å². The highest BCUT2D eigenvalue weighted by Crippen LogP contribution is 1.90. The molecular weight excluding hydrogens is 168 g/mol. The summed E-state index contributed by atoms with van der Waals surface area (Å²) >= 11 is 0. The van der Waals surface area contributed by atoms with Crippen LogP contribution in [0.3, 0.4) is 0 Å². The molecule has 4 nitrogen and oxygen atoms in total. The second kappa shape index (κ2) is 3.98. The molecule has 0 unspecified atom stereocenters. The molecule has 0 aliphatic rings. The molecule has 0 saturated heterocycles. The maximum Gasteiger partial charge on any atom is 0.333 e. The van der Waals surface area contributed by atoms with Crippen molar-refractivity contribution in [1.82, 2.24) is 0 Å². The Bertz CT molecular complexity index is 290. The molecule has 0 fully saturated rings. The van der Waals surface area contributed by atoms with Gasteiger partial charge < -0.3 is 4.18 Å². The van der Waals surface area contributed by atoms with Crippen LogP contribution in [0.15, 0.2) is 0 Å². The normalized spacial score (nSPS) is 9.64. The molecule has 0 aliphatic heterocycles. The predicted molar refractivity (Wildman–Crippen MR) is 39.0 cm³/mol. The Morgan fingerprint density at radius 2 is 2.09 bits per heavy atom. The second-order valence-corrected chi connectivity index (χ2v) is 3.34. The Balaban J connectivity index is 3.97. The van der Waals surface area contributed by atoms with Crippen molar-refractivity contribution in [3.8, 4) is 11.8 Å². The summed E-state index contributed by atoms with van der Waals surface area (Å²) in [6.07, 6.45) is 0.619. The molecule has 5 heteroatoms. The van der Waals surface area contributed by atoms with Gasteiger partial charge in [-0.2, -0.15) is 8.42 Å². The van der Waals surface area contributed by atoms with Crippen molar-refractivity contribution in [3.05, 3.63) is 0 Å². The molecule has 0 rings (SSSR count). The molecule has 0 spiro atoms. The predicted octanol–water partition coefficient (Wildman–Crippen LogP) is -0.0974. The minimum Gasteiger partial charge on any atom is -0.345 e. The number of hydrogen-bond donors (Lipinski definition) is 0. The van der Waals surface area contributed by atoms with E-state index in [1.165, 1.54) is 0 Å². The van der Waals surface area contributed by atoms with Crippen molar-refractivity contribution >= 4 is 16.1 Å². The van der Waals surface area contributed by atoms with Crippen LogP contribution in [0.25, 0.3) is 0 Å². The van der Waals surface area contributed by atoms with Gasteiger partial charge in [0.05, 0.1) is 6.26 Å². The zero-order chi connectivity index (χ0) is 8.91. The summed E-state index contributed by atoms with van der Waals surface area (Å²) in [4.78, 5) is 10.5. The highest BCUT2D eigenvalue weighted by molar-refractivity contribution is 7.86. The summed E-state index contributed by atoms with van der Waals surface area (Å²) in [7, 11) is -3.67. The fourth-order valence-electron chi connectivity index (χ4n) is 0.359. The van der Waals surface area contributed by atoms with Crippen molar-refractivity contribution in [2.24, 2.45) is 0 Å². The van der Waals surface area contributed by atoms with Crippen LogP contribution in [0.2, 0.25) is 0 Å². The molecule has 0 aromatic rings. The fraction of sp³-hybridized carbons (Fsp3) is 0.500. The number of carbonyl (C=O) groups excluding carboxylic acids is 1. The lowest BCUT2D eigenvalue weighted by Gasteiger charge is -1.95. The molecule has 0 aromatic carbocycles. The maximum absolute atomic E-state index is 10.5. The summed E-state index contributed by atoms with van der Waals surface area (Å²) in [5.41, 5.74) is 0. The average Bonchev–Trinajstić information content (AvgIpc) is 1.79. The molecule has 0 aromatic heterocycles. The van der Waals surface area contributed by atoms with Crippen LogP contribution in [0.5, 0.6) is 0 Å². The monoisotopic (exact) mass is 176 g/mol. The van der Waals surface area contributed by atoms with Gasteiger partial charge in [0.15, 0.2) is 0 Å². The lowest BCUT2D eigenvalue weighted by Crippen LogP contribution is -2.09. The molecule has 0 N–H and O–H groups in total. The standard InChI is InChI=1S/C6H8O4S/c1-3-4-5-6(7)10-11(2,8)9/h5H2,1-2H3. The van der Waals surface area contributed by atoms with E-state index in [0.717, 1.165) is 6.26 Å². The van der Waals surface area contributed by atoms with Crippen LogP contribution in [-0.4, -0.2) is 20.6 Å². The topological polar surface area (TPSA) is 60.4 Å². The lowest BCUT2D eigenvalue weighted by molar-refractivity contribution is -0.132. The van der Waals surface area contributed by atoms with Gasteiger partial charge in [-0.1, -0.05) is 5.92 Å². The molecule has 0 radical (unpaired) electrons. The van der Waals surface area contributed by atoms with Gasteiger partial charge >= 0.3 is 16.1 Å². The first-order valence-corrected chi connectivity index (χ1v) is 4.59. The van der Waals surface area contributed by atoms with Crippen molar-refractivity contribution in [2.45, 2.75) is 13.3 Å². The smallest absolute Gasteiger partial charge is 0.333 e. The summed E-state index contributed by atoms with van der Waals surface area (Å²) in [6.45, 7) is 1.55. The van der Waals surface area contributed by atoms with Crippen LogP contribution in [0, 0.1) is 11.8 Å². The van der Waals surface area contributed by atoms with E-state index >= 15 is 0 Å². The largest absolute Gasteiger partial charge is 0.345 e. The SMILES string of the molecule is CC#CCC(=O)OS(C)(=O)=O. The summed E-state index contributed by atoms with van der Waals surface area (Å²) in [5.74, 6) is 3.97. The first kappa shape index (κ1) is 9.98. The third kappa shape index (κ3) is 6.87. The van der Waals surface area contributed by atoms with Gasteiger partial charge in [0, 0.05) is 0 Å². The van der Waals surface area contributed by atoms with Crippen molar-refractivity contribution in [2.75, 3.05) is 6.26 Å². The van der Waals surface area contributed by atoms with Gasteiger partial charge in [0.2, 0.25) is 0 Å². The number of hydrogen-bond acceptors (Lipinski definition) is 4. The quantitative estimate of drug-likeness (QED) is 0.435. The van der Waals surface area contributed by atoms with Crippen LogP contribution < -0.4 is 0 Å². The number of rotatable bonds is 2.